The first kappa shape index (κ1) is 17.7. The fourth-order valence-electron chi connectivity index (χ4n) is 2.66. The van der Waals surface area contributed by atoms with Gasteiger partial charge in [0.1, 0.15) is 5.75 Å². The van der Waals surface area contributed by atoms with E-state index >= 15 is 0 Å². The van der Waals surface area contributed by atoms with Crippen molar-refractivity contribution < 1.29 is 17.9 Å². The summed E-state index contributed by atoms with van der Waals surface area (Å²) < 4.78 is 30.5. The third-order valence-electron chi connectivity index (χ3n) is 4.19. The SMILES string of the molecule is CCc1ccc(OC)c(C(=O)N2CCN(S(=O)(=O)CC)CC2)c1. The average Bonchev–Trinajstić information content (AvgIpc) is 2.60. The predicted molar refractivity (Wildman–Crippen MR) is 89.3 cm³/mol. The summed E-state index contributed by atoms with van der Waals surface area (Å²) in [5.74, 6) is 0.536. The number of carbonyl (C=O) groups is 1. The predicted octanol–water partition coefficient (Wildman–Crippen LogP) is 1.37. The first-order valence-corrected chi connectivity index (χ1v) is 9.47. The molecule has 0 atom stereocenters. The van der Waals surface area contributed by atoms with Crippen molar-refractivity contribution in [2.45, 2.75) is 20.3 Å². The molecule has 0 saturated carbocycles. The number of hydrogen-bond donors (Lipinski definition) is 0. The van der Waals surface area contributed by atoms with Gasteiger partial charge in [-0.25, -0.2) is 8.42 Å². The van der Waals surface area contributed by atoms with Gasteiger partial charge in [-0.2, -0.15) is 4.31 Å². The van der Waals surface area contributed by atoms with E-state index in [2.05, 4.69) is 0 Å². The monoisotopic (exact) mass is 340 g/mol. The Morgan fingerprint density at radius 1 is 1.17 bits per heavy atom. The van der Waals surface area contributed by atoms with Gasteiger partial charge in [0.05, 0.1) is 18.4 Å². The Balaban J connectivity index is 2.14. The maximum absolute atomic E-state index is 12.8. The van der Waals surface area contributed by atoms with Gasteiger partial charge < -0.3 is 9.64 Å². The number of hydrogen-bond acceptors (Lipinski definition) is 4. The Kier molecular flexibility index (Phi) is 5.64. The number of carbonyl (C=O) groups excluding carboxylic acids is 1. The lowest BCUT2D eigenvalue weighted by Gasteiger charge is -2.34. The number of ether oxygens (including phenoxy) is 1. The Bertz CT molecular complexity index is 665. The highest BCUT2D eigenvalue weighted by molar-refractivity contribution is 7.89. The molecule has 0 unspecified atom stereocenters. The van der Waals surface area contributed by atoms with Crippen LogP contribution in [0.5, 0.6) is 5.75 Å². The van der Waals surface area contributed by atoms with Crippen LogP contribution in [0.3, 0.4) is 0 Å². The Labute approximate surface area is 138 Å². The minimum Gasteiger partial charge on any atom is -0.496 e. The van der Waals surface area contributed by atoms with E-state index in [1.54, 1.807) is 18.9 Å². The van der Waals surface area contributed by atoms with Crippen LogP contribution < -0.4 is 4.74 Å². The molecule has 2 rings (SSSR count). The van der Waals surface area contributed by atoms with E-state index in [4.69, 9.17) is 4.74 Å². The number of benzene rings is 1. The van der Waals surface area contributed by atoms with E-state index in [1.165, 1.54) is 4.31 Å². The van der Waals surface area contributed by atoms with Crippen molar-refractivity contribution in [2.24, 2.45) is 0 Å². The van der Waals surface area contributed by atoms with E-state index < -0.39 is 10.0 Å². The molecule has 128 valence electrons. The molecule has 1 amide bonds. The maximum atomic E-state index is 12.8. The van der Waals surface area contributed by atoms with Gasteiger partial charge in [0, 0.05) is 26.2 Å². The van der Waals surface area contributed by atoms with E-state index in [9.17, 15) is 13.2 Å². The normalized spacial score (nSPS) is 16.4. The maximum Gasteiger partial charge on any atom is 0.257 e. The molecule has 1 aliphatic heterocycles. The van der Waals surface area contributed by atoms with Gasteiger partial charge in [0.2, 0.25) is 10.0 Å². The zero-order valence-electron chi connectivity index (χ0n) is 13.9. The molecule has 1 aromatic rings. The zero-order chi connectivity index (χ0) is 17.0. The zero-order valence-corrected chi connectivity index (χ0v) is 14.7. The number of piperazine rings is 1. The highest BCUT2D eigenvalue weighted by Gasteiger charge is 2.29. The molecule has 6 nitrogen and oxygen atoms in total. The number of amides is 1. The topological polar surface area (TPSA) is 66.9 Å². The lowest BCUT2D eigenvalue weighted by molar-refractivity contribution is 0.0694. The number of nitrogens with zero attached hydrogens (tertiary/aromatic N) is 2. The Hall–Kier alpha value is -1.60. The molecule has 0 aromatic heterocycles. The smallest absolute Gasteiger partial charge is 0.257 e. The van der Waals surface area contributed by atoms with Crippen molar-refractivity contribution in [3.63, 3.8) is 0 Å². The van der Waals surface area contributed by atoms with Crippen molar-refractivity contribution in [3.05, 3.63) is 29.3 Å². The van der Waals surface area contributed by atoms with Crippen LogP contribution in [-0.4, -0.2) is 62.6 Å². The molecular weight excluding hydrogens is 316 g/mol. The average molecular weight is 340 g/mol. The largest absolute Gasteiger partial charge is 0.496 e. The van der Waals surface area contributed by atoms with Crippen LogP contribution in [0.1, 0.15) is 29.8 Å². The Morgan fingerprint density at radius 3 is 2.35 bits per heavy atom. The first-order valence-electron chi connectivity index (χ1n) is 7.87. The molecule has 0 radical (unpaired) electrons. The van der Waals surface area contributed by atoms with Crippen LogP contribution in [0.4, 0.5) is 0 Å². The summed E-state index contributed by atoms with van der Waals surface area (Å²) >= 11 is 0. The van der Waals surface area contributed by atoms with Crippen molar-refractivity contribution in [2.75, 3.05) is 39.0 Å². The first-order chi connectivity index (χ1) is 10.9. The van der Waals surface area contributed by atoms with Gasteiger partial charge in [0.15, 0.2) is 0 Å². The molecule has 0 spiro atoms. The minimum absolute atomic E-state index is 0.0906. The summed E-state index contributed by atoms with van der Waals surface area (Å²) in [6.07, 6.45) is 0.840. The molecule has 1 aromatic carbocycles. The van der Waals surface area contributed by atoms with E-state index in [1.807, 2.05) is 25.1 Å². The van der Waals surface area contributed by atoms with Crippen LogP contribution in [0.15, 0.2) is 18.2 Å². The standard InChI is InChI=1S/C16H24N2O4S/c1-4-13-6-7-15(22-3)14(12-13)16(19)17-8-10-18(11-9-17)23(20,21)5-2/h6-7,12H,4-5,8-11H2,1-3H3. The van der Waals surface area contributed by atoms with Gasteiger partial charge in [-0.15, -0.1) is 0 Å². The summed E-state index contributed by atoms with van der Waals surface area (Å²) in [6, 6.07) is 5.61. The number of rotatable bonds is 5. The van der Waals surface area contributed by atoms with E-state index in [0.717, 1.165) is 12.0 Å². The second-order valence-electron chi connectivity index (χ2n) is 5.48. The molecule has 1 aliphatic rings. The summed E-state index contributed by atoms with van der Waals surface area (Å²) in [4.78, 5) is 14.4. The van der Waals surface area contributed by atoms with Crippen LogP contribution in [0, 0.1) is 0 Å². The van der Waals surface area contributed by atoms with Gasteiger partial charge in [0.25, 0.3) is 5.91 Å². The molecule has 0 N–H and O–H groups in total. The van der Waals surface area contributed by atoms with Crippen LogP contribution in [0.2, 0.25) is 0 Å². The van der Waals surface area contributed by atoms with Crippen molar-refractivity contribution >= 4 is 15.9 Å². The van der Waals surface area contributed by atoms with Crippen LogP contribution in [0.25, 0.3) is 0 Å². The Morgan fingerprint density at radius 2 is 1.83 bits per heavy atom. The lowest BCUT2D eigenvalue weighted by atomic mass is 10.1. The van der Waals surface area contributed by atoms with Gasteiger partial charge in [-0.05, 0) is 31.0 Å². The van der Waals surface area contributed by atoms with Crippen LogP contribution in [-0.2, 0) is 16.4 Å². The molecule has 23 heavy (non-hydrogen) atoms. The molecule has 1 saturated heterocycles. The molecular formula is C16H24N2O4S. The van der Waals surface area contributed by atoms with E-state index in [0.29, 0.717) is 37.5 Å². The second-order valence-corrected chi connectivity index (χ2v) is 7.74. The fourth-order valence-corrected chi connectivity index (χ4v) is 3.75. The number of aryl methyl sites for hydroxylation is 1. The van der Waals surface area contributed by atoms with Crippen molar-refractivity contribution in [3.8, 4) is 5.75 Å². The van der Waals surface area contributed by atoms with E-state index in [-0.39, 0.29) is 11.7 Å². The fraction of sp³-hybridized carbons (Fsp3) is 0.562. The molecule has 1 heterocycles. The minimum atomic E-state index is -3.19. The number of methoxy groups -OCH3 is 1. The van der Waals surface area contributed by atoms with Crippen molar-refractivity contribution in [1.82, 2.24) is 9.21 Å². The molecule has 7 heteroatoms. The summed E-state index contributed by atoms with van der Waals surface area (Å²) in [5.41, 5.74) is 1.61. The van der Waals surface area contributed by atoms with Gasteiger partial charge in [-0.3, -0.25) is 4.79 Å². The number of sulfonamides is 1. The summed E-state index contributed by atoms with van der Waals surface area (Å²) in [6.45, 7) is 5.16. The second kappa shape index (κ2) is 7.31. The van der Waals surface area contributed by atoms with Gasteiger partial charge >= 0.3 is 0 Å². The lowest BCUT2D eigenvalue weighted by Crippen LogP contribution is -2.50. The quantitative estimate of drug-likeness (QED) is 0.812. The highest BCUT2D eigenvalue weighted by Crippen LogP contribution is 2.23. The summed E-state index contributed by atoms with van der Waals surface area (Å²) in [7, 11) is -1.64. The third kappa shape index (κ3) is 3.84. The molecule has 1 fully saturated rings. The molecule has 0 aliphatic carbocycles. The summed E-state index contributed by atoms with van der Waals surface area (Å²) in [5, 5.41) is 0. The third-order valence-corrected chi connectivity index (χ3v) is 6.07. The molecule has 0 bridgehead atoms. The van der Waals surface area contributed by atoms with Gasteiger partial charge in [-0.1, -0.05) is 13.0 Å². The highest BCUT2D eigenvalue weighted by atomic mass is 32.2. The van der Waals surface area contributed by atoms with Crippen LogP contribution >= 0.6 is 0 Å². The van der Waals surface area contributed by atoms with Crippen molar-refractivity contribution in [1.29, 1.82) is 0 Å².